The van der Waals surface area contributed by atoms with Gasteiger partial charge in [-0.15, -0.1) is 0 Å². The zero-order valence-corrected chi connectivity index (χ0v) is 20.6. The quantitative estimate of drug-likeness (QED) is 0.381. The van der Waals surface area contributed by atoms with Gasteiger partial charge < -0.3 is 19.5 Å². The SMILES string of the molecule is CN(CCOc1cccc(CNC(=O)CCCOc2cccc3ccccc23)c1)C1CCOCC1. The van der Waals surface area contributed by atoms with Gasteiger partial charge in [-0.05, 0) is 55.5 Å². The van der Waals surface area contributed by atoms with E-state index in [4.69, 9.17) is 14.2 Å². The first-order valence-corrected chi connectivity index (χ1v) is 12.6. The second-order valence-electron chi connectivity index (χ2n) is 9.03. The second-order valence-corrected chi connectivity index (χ2v) is 9.03. The van der Waals surface area contributed by atoms with Crippen molar-refractivity contribution in [2.24, 2.45) is 0 Å². The van der Waals surface area contributed by atoms with Crippen molar-refractivity contribution in [3.63, 3.8) is 0 Å². The van der Waals surface area contributed by atoms with Crippen molar-refractivity contribution in [2.45, 2.75) is 38.3 Å². The summed E-state index contributed by atoms with van der Waals surface area (Å²) < 4.78 is 17.3. The first-order chi connectivity index (χ1) is 17.2. The molecule has 0 spiro atoms. The number of hydrogen-bond donors (Lipinski definition) is 1. The van der Waals surface area contributed by atoms with Gasteiger partial charge >= 0.3 is 0 Å². The maximum atomic E-state index is 12.3. The summed E-state index contributed by atoms with van der Waals surface area (Å²) in [6, 6.07) is 22.7. The lowest BCUT2D eigenvalue weighted by Crippen LogP contribution is -2.38. The maximum Gasteiger partial charge on any atom is 0.220 e. The number of ether oxygens (including phenoxy) is 3. The van der Waals surface area contributed by atoms with Crippen molar-refractivity contribution in [3.05, 3.63) is 72.3 Å². The molecular weight excluding hydrogens is 440 g/mol. The van der Waals surface area contributed by atoms with Crippen LogP contribution >= 0.6 is 0 Å². The number of benzene rings is 3. The van der Waals surface area contributed by atoms with E-state index in [1.54, 1.807) is 0 Å². The summed E-state index contributed by atoms with van der Waals surface area (Å²) in [7, 11) is 2.15. The Hall–Kier alpha value is -3.09. The topological polar surface area (TPSA) is 60.0 Å². The first kappa shape index (κ1) is 25.0. The van der Waals surface area contributed by atoms with E-state index in [1.165, 1.54) is 0 Å². The molecule has 0 aliphatic carbocycles. The maximum absolute atomic E-state index is 12.3. The number of likely N-dealkylation sites (N-methyl/N-ethyl adjacent to an activating group) is 1. The van der Waals surface area contributed by atoms with Gasteiger partial charge in [-0.3, -0.25) is 9.69 Å². The molecule has 6 nitrogen and oxygen atoms in total. The third kappa shape index (κ3) is 7.70. The van der Waals surface area contributed by atoms with Crippen molar-refractivity contribution >= 4 is 16.7 Å². The molecule has 6 heteroatoms. The minimum Gasteiger partial charge on any atom is -0.493 e. The standard InChI is InChI=1S/C29H36N2O4/c1-31(25-14-18-33-19-15-25)16-20-34-26-10-4-7-23(21-26)22-30-29(32)13-6-17-35-28-12-5-9-24-8-2-3-11-27(24)28/h2-5,7-12,21,25H,6,13-20,22H2,1H3,(H,30,32). The van der Waals surface area contributed by atoms with Crippen LogP contribution in [0.25, 0.3) is 10.8 Å². The van der Waals surface area contributed by atoms with Crippen molar-refractivity contribution in [2.75, 3.05) is 40.0 Å². The molecule has 1 amide bonds. The van der Waals surface area contributed by atoms with E-state index in [-0.39, 0.29) is 5.91 Å². The molecule has 0 aromatic heterocycles. The third-order valence-electron chi connectivity index (χ3n) is 6.47. The van der Waals surface area contributed by atoms with Gasteiger partial charge in [-0.1, -0.05) is 48.5 Å². The van der Waals surface area contributed by atoms with Gasteiger partial charge in [-0.25, -0.2) is 0 Å². The number of nitrogens with one attached hydrogen (secondary N) is 1. The summed E-state index contributed by atoms with van der Waals surface area (Å²) in [5.74, 6) is 1.72. The predicted molar refractivity (Wildman–Crippen MR) is 139 cm³/mol. The molecule has 1 heterocycles. The van der Waals surface area contributed by atoms with Gasteiger partial charge in [0.15, 0.2) is 0 Å². The molecule has 3 aromatic carbocycles. The van der Waals surface area contributed by atoms with Crippen LogP contribution in [0.1, 0.15) is 31.2 Å². The fourth-order valence-corrected chi connectivity index (χ4v) is 4.39. The van der Waals surface area contributed by atoms with Crippen LogP contribution in [0.4, 0.5) is 0 Å². The van der Waals surface area contributed by atoms with Crippen LogP contribution in [0.15, 0.2) is 66.7 Å². The Bertz CT molecular complexity index is 1080. The van der Waals surface area contributed by atoms with Crippen LogP contribution in [0.5, 0.6) is 11.5 Å². The molecule has 1 aliphatic rings. The summed E-state index contributed by atoms with van der Waals surface area (Å²) >= 11 is 0. The second kappa shape index (κ2) is 13.1. The highest BCUT2D eigenvalue weighted by atomic mass is 16.5. The Morgan fingerprint density at radius 1 is 1.00 bits per heavy atom. The lowest BCUT2D eigenvalue weighted by molar-refractivity contribution is -0.121. The molecule has 0 radical (unpaired) electrons. The number of amides is 1. The summed E-state index contributed by atoms with van der Waals surface area (Å²) in [4.78, 5) is 14.7. The Labute approximate surface area is 208 Å². The van der Waals surface area contributed by atoms with Crippen LogP contribution in [-0.4, -0.2) is 56.9 Å². The summed E-state index contributed by atoms with van der Waals surface area (Å²) in [5, 5.41) is 5.25. The number of fused-ring (bicyclic) bond motifs is 1. The Kier molecular flexibility index (Phi) is 9.38. The molecule has 0 bridgehead atoms. The van der Waals surface area contributed by atoms with Crippen LogP contribution in [-0.2, 0) is 16.1 Å². The van der Waals surface area contributed by atoms with Crippen molar-refractivity contribution in [3.8, 4) is 11.5 Å². The minimum absolute atomic E-state index is 0.0240. The van der Waals surface area contributed by atoms with Crippen LogP contribution in [0, 0.1) is 0 Å². The molecule has 1 N–H and O–H groups in total. The molecular formula is C29H36N2O4. The number of carbonyl (C=O) groups excluding carboxylic acids is 1. The minimum atomic E-state index is 0.0240. The smallest absolute Gasteiger partial charge is 0.220 e. The Morgan fingerprint density at radius 3 is 2.69 bits per heavy atom. The molecule has 0 atom stereocenters. The highest BCUT2D eigenvalue weighted by Crippen LogP contribution is 2.25. The van der Waals surface area contributed by atoms with E-state index < -0.39 is 0 Å². The molecule has 1 saturated heterocycles. The van der Waals surface area contributed by atoms with Gasteiger partial charge in [0.1, 0.15) is 18.1 Å². The third-order valence-corrected chi connectivity index (χ3v) is 6.47. The van der Waals surface area contributed by atoms with Crippen molar-refractivity contribution in [1.82, 2.24) is 10.2 Å². The first-order valence-electron chi connectivity index (χ1n) is 12.6. The van der Waals surface area contributed by atoms with E-state index in [0.29, 0.717) is 38.6 Å². The average molecular weight is 477 g/mol. The molecule has 1 fully saturated rings. The number of rotatable bonds is 12. The number of carbonyl (C=O) groups is 1. The van der Waals surface area contributed by atoms with Crippen LogP contribution in [0.3, 0.4) is 0 Å². The van der Waals surface area contributed by atoms with Gasteiger partial charge in [0, 0.05) is 44.2 Å². The molecule has 0 unspecified atom stereocenters. The highest BCUT2D eigenvalue weighted by molar-refractivity contribution is 5.88. The molecule has 35 heavy (non-hydrogen) atoms. The predicted octanol–water partition coefficient (Wildman–Crippen LogP) is 4.80. The monoisotopic (exact) mass is 476 g/mol. The lowest BCUT2D eigenvalue weighted by Gasteiger charge is -2.31. The van der Waals surface area contributed by atoms with E-state index in [9.17, 15) is 4.79 Å². The molecule has 0 saturated carbocycles. The van der Waals surface area contributed by atoms with E-state index in [1.807, 2.05) is 48.5 Å². The van der Waals surface area contributed by atoms with E-state index in [0.717, 1.165) is 60.4 Å². The van der Waals surface area contributed by atoms with Gasteiger partial charge in [-0.2, -0.15) is 0 Å². The van der Waals surface area contributed by atoms with Crippen LogP contribution in [0.2, 0.25) is 0 Å². The number of hydrogen-bond acceptors (Lipinski definition) is 5. The Balaban J connectivity index is 1.13. The lowest BCUT2D eigenvalue weighted by atomic mass is 10.1. The van der Waals surface area contributed by atoms with Crippen LogP contribution < -0.4 is 14.8 Å². The van der Waals surface area contributed by atoms with Crippen molar-refractivity contribution in [1.29, 1.82) is 0 Å². The molecule has 4 rings (SSSR count). The summed E-state index contributed by atoms with van der Waals surface area (Å²) in [5.41, 5.74) is 1.03. The zero-order valence-electron chi connectivity index (χ0n) is 20.6. The van der Waals surface area contributed by atoms with E-state index in [2.05, 4.69) is 35.5 Å². The Morgan fingerprint density at radius 2 is 1.80 bits per heavy atom. The molecule has 3 aromatic rings. The average Bonchev–Trinajstić information content (AvgIpc) is 2.90. The summed E-state index contributed by atoms with van der Waals surface area (Å²) in [6.07, 6.45) is 3.26. The van der Waals surface area contributed by atoms with Gasteiger partial charge in [0.2, 0.25) is 5.91 Å². The normalized spacial score (nSPS) is 14.2. The van der Waals surface area contributed by atoms with E-state index >= 15 is 0 Å². The van der Waals surface area contributed by atoms with Gasteiger partial charge in [0.25, 0.3) is 0 Å². The molecule has 186 valence electrons. The zero-order chi connectivity index (χ0) is 24.3. The molecule has 1 aliphatic heterocycles. The fourth-order valence-electron chi connectivity index (χ4n) is 4.39. The fraction of sp³-hybridized carbons (Fsp3) is 0.414. The number of nitrogens with zero attached hydrogens (tertiary/aromatic N) is 1. The largest absolute Gasteiger partial charge is 0.493 e. The van der Waals surface area contributed by atoms with Gasteiger partial charge in [0.05, 0.1) is 6.61 Å². The van der Waals surface area contributed by atoms with Crippen molar-refractivity contribution < 1.29 is 19.0 Å². The highest BCUT2D eigenvalue weighted by Gasteiger charge is 2.18. The summed E-state index contributed by atoms with van der Waals surface area (Å²) in [6.45, 7) is 4.21.